The normalized spacial score (nSPS) is 10.4. The van der Waals surface area contributed by atoms with Gasteiger partial charge in [-0.05, 0) is 55.0 Å². The van der Waals surface area contributed by atoms with Gasteiger partial charge in [0.15, 0.2) is 0 Å². The summed E-state index contributed by atoms with van der Waals surface area (Å²) < 4.78 is 0. The molecule has 0 unspecified atom stereocenters. The Hall–Kier alpha value is -0.980. The third-order valence-corrected chi connectivity index (χ3v) is 2.93. The predicted molar refractivity (Wildman–Crippen MR) is 68.7 cm³/mol. The first kappa shape index (κ1) is 12.1. The van der Waals surface area contributed by atoms with E-state index in [0.29, 0.717) is 0 Å². The Labute approximate surface area is 93.9 Å². The highest BCUT2D eigenvalue weighted by Gasteiger charge is 2.06. The van der Waals surface area contributed by atoms with Crippen molar-refractivity contribution in [2.24, 2.45) is 0 Å². The van der Waals surface area contributed by atoms with Gasteiger partial charge in [-0.3, -0.25) is 0 Å². The summed E-state index contributed by atoms with van der Waals surface area (Å²) in [5, 5.41) is 3.41. The highest BCUT2D eigenvalue weighted by atomic mass is 14.8. The molecule has 0 saturated carbocycles. The minimum atomic E-state index is 0.998. The van der Waals surface area contributed by atoms with E-state index in [0.717, 1.165) is 25.8 Å². The van der Waals surface area contributed by atoms with Crippen LogP contribution in [0.15, 0.2) is 12.1 Å². The van der Waals surface area contributed by atoms with Crippen molar-refractivity contribution >= 4 is 5.69 Å². The molecule has 1 rings (SSSR count). The second-order valence-electron chi connectivity index (χ2n) is 3.86. The largest absolute Gasteiger partial charge is 0.385 e. The molecule has 0 saturated heterocycles. The molecular weight excluding hydrogens is 182 g/mol. The quantitative estimate of drug-likeness (QED) is 0.771. The summed E-state index contributed by atoms with van der Waals surface area (Å²) in [4.78, 5) is 0. The van der Waals surface area contributed by atoms with Crippen molar-refractivity contribution in [3.8, 4) is 0 Å². The van der Waals surface area contributed by atoms with Crippen LogP contribution in [0.2, 0.25) is 0 Å². The molecule has 0 spiro atoms. The predicted octanol–water partition coefficient (Wildman–Crippen LogP) is 3.81. The standard InChI is InChI=1S/C14H23N/c1-5-11-9-13(15-8-4)10-12(6-2)14(11)7-3/h9-10,15H,5-8H2,1-4H3. The van der Waals surface area contributed by atoms with E-state index < -0.39 is 0 Å². The van der Waals surface area contributed by atoms with Crippen molar-refractivity contribution in [3.05, 3.63) is 28.8 Å². The van der Waals surface area contributed by atoms with Gasteiger partial charge in [0.2, 0.25) is 0 Å². The average Bonchev–Trinajstić information content (AvgIpc) is 2.28. The van der Waals surface area contributed by atoms with Crippen LogP contribution in [0.1, 0.15) is 44.4 Å². The van der Waals surface area contributed by atoms with Crippen LogP contribution >= 0.6 is 0 Å². The Morgan fingerprint density at radius 1 is 0.867 bits per heavy atom. The van der Waals surface area contributed by atoms with Crippen molar-refractivity contribution in [2.75, 3.05) is 11.9 Å². The van der Waals surface area contributed by atoms with Crippen LogP contribution in [0.25, 0.3) is 0 Å². The summed E-state index contributed by atoms with van der Waals surface area (Å²) >= 11 is 0. The van der Waals surface area contributed by atoms with Crippen LogP contribution in [-0.2, 0) is 19.3 Å². The van der Waals surface area contributed by atoms with Gasteiger partial charge in [0.1, 0.15) is 0 Å². The highest BCUT2D eigenvalue weighted by molar-refractivity contribution is 5.53. The molecule has 0 aromatic heterocycles. The van der Waals surface area contributed by atoms with Crippen LogP contribution in [0.3, 0.4) is 0 Å². The lowest BCUT2D eigenvalue weighted by molar-refractivity contribution is 0.980. The van der Waals surface area contributed by atoms with E-state index in [1.165, 1.54) is 16.8 Å². The SMILES string of the molecule is CCNc1cc(CC)c(CC)c(CC)c1. The van der Waals surface area contributed by atoms with Crippen LogP contribution in [0.5, 0.6) is 0 Å². The van der Waals surface area contributed by atoms with E-state index >= 15 is 0 Å². The topological polar surface area (TPSA) is 12.0 Å². The van der Waals surface area contributed by atoms with Gasteiger partial charge in [-0.25, -0.2) is 0 Å². The summed E-state index contributed by atoms with van der Waals surface area (Å²) in [6, 6.07) is 4.61. The minimum absolute atomic E-state index is 0.998. The first-order chi connectivity index (χ1) is 7.26. The third kappa shape index (κ3) is 2.74. The molecule has 0 bridgehead atoms. The van der Waals surface area contributed by atoms with Gasteiger partial charge in [0.05, 0.1) is 0 Å². The van der Waals surface area contributed by atoms with Gasteiger partial charge >= 0.3 is 0 Å². The molecule has 0 aliphatic heterocycles. The number of hydrogen-bond donors (Lipinski definition) is 1. The van der Waals surface area contributed by atoms with Crippen molar-refractivity contribution < 1.29 is 0 Å². The summed E-state index contributed by atoms with van der Waals surface area (Å²) in [5.74, 6) is 0. The maximum atomic E-state index is 3.41. The first-order valence-corrected chi connectivity index (χ1v) is 6.15. The second kappa shape index (κ2) is 5.79. The highest BCUT2D eigenvalue weighted by Crippen LogP contribution is 2.22. The molecule has 84 valence electrons. The molecule has 0 aliphatic carbocycles. The van der Waals surface area contributed by atoms with Gasteiger partial charge in [0, 0.05) is 12.2 Å². The second-order valence-corrected chi connectivity index (χ2v) is 3.86. The molecule has 1 heteroatoms. The summed E-state index contributed by atoms with van der Waals surface area (Å²) in [6.07, 6.45) is 3.42. The Kier molecular flexibility index (Phi) is 4.67. The van der Waals surface area contributed by atoms with E-state index in [-0.39, 0.29) is 0 Å². The van der Waals surface area contributed by atoms with Crippen molar-refractivity contribution in [3.63, 3.8) is 0 Å². The van der Waals surface area contributed by atoms with Crippen molar-refractivity contribution in [1.29, 1.82) is 0 Å². The van der Waals surface area contributed by atoms with E-state index in [1.807, 2.05) is 0 Å². The van der Waals surface area contributed by atoms with E-state index in [2.05, 4.69) is 45.1 Å². The fraction of sp³-hybridized carbons (Fsp3) is 0.571. The van der Waals surface area contributed by atoms with E-state index in [9.17, 15) is 0 Å². The van der Waals surface area contributed by atoms with Gasteiger partial charge in [-0.2, -0.15) is 0 Å². The summed E-state index contributed by atoms with van der Waals surface area (Å²) in [6.45, 7) is 9.87. The van der Waals surface area contributed by atoms with Crippen LogP contribution in [-0.4, -0.2) is 6.54 Å². The molecule has 15 heavy (non-hydrogen) atoms. The zero-order valence-corrected chi connectivity index (χ0v) is 10.5. The number of aryl methyl sites for hydroxylation is 2. The van der Waals surface area contributed by atoms with E-state index in [4.69, 9.17) is 0 Å². The molecule has 1 N–H and O–H groups in total. The number of nitrogens with one attached hydrogen (secondary N) is 1. The van der Waals surface area contributed by atoms with Crippen molar-refractivity contribution in [2.45, 2.75) is 47.0 Å². The molecular formula is C14H23N. The zero-order valence-electron chi connectivity index (χ0n) is 10.5. The zero-order chi connectivity index (χ0) is 11.3. The molecule has 0 aliphatic rings. The molecule has 0 atom stereocenters. The fourth-order valence-electron chi connectivity index (χ4n) is 2.19. The van der Waals surface area contributed by atoms with Gasteiger partial charge in [-0.1, -0.05) is 20.8 Å². The lowest BCUT2D eigenvalue weighted by Gasteiger charge is -2.15. The number of rotatable bonds is 5. The van der Waals surface area contributed by atoms with E-state index in [1.54, 1.807) is 5.56 Å². The number of benzene rings is 1. The van der Waals surface area contributed by atoms with Gasteiger partial charge in [-0.15, -0.1) is 0 Å². The number of anilines is 1. The lowest BCUT2D eigenvalue weighted by Crippen LogP contribution is -2.03. The Bertz CT molecular complexity index is 290. The fourth-order valence-corrected chi connectivity index (χ4v) is 2.19. The number of hydrogen-bond acceptors (Lipinski definition) is 1. The maximum Gasteiger partial charge on any atom is 0.0345 e. The maximum absolute atomic E-state index is 3.41. The van der Waals surface area contributed by atoms with Crippen LogP contribution in [0, 0.1) is 0 Å². The molecule has 0 fully saturated rings. The average molecular weight is 205 g/mol. The Morgan fingerprint density at radius 3 is 1.73 bits per heavy atom. The third-order valence-electron chi connectivity index (χ3n) is 2.93. The Balaban J connectivity index is 3.16. The Morgan fingerprint density at radius 2 is 1.40 bits per heavy atom. The molecule has 1 nitrogen and oxygen atoms in total. The van der Waals surface area contributed by atoms with Crippen molar-refractivity contribution in [1.82, 2.24) is 0 Å². The van der Waals surface area contributed by atoms with Gasteiger partial charge in [0.25, 0.3) is 0 Å². The molecule has 1 aromatic carbocycles. The summed E-state index contributed by atoms with van der Waals surface area (Å²) in [5.41, 5.74) is 5.85. The minimum Gasteiger partial charge on any atom is -0.385 e. The van der Waals surface area contributed by atoms with Crippen LogP contribution in [0.4, 0.5) is 5.69 Å². The monoisotopic (exact) mass is 205 g/mol. The lowest BCUT2D eigenvalue weighted by atomic mass is 9.95. The molecule has 0 radical (unpaired) electrons. The molecule has 0 amide bonds. The molecule has 1 aromatic rings. The first-order valence-electron chi connectivity index (χ1n) is 6.15. The summed E-state index contributed by atoms with van der Waals surface area (Å²) in [7, 11) is 0. The van der Waals surface area contributed by atoms with Crippen LogP contribution < -0.4 is 5.32 Å². The smallest absolute Gasteiger partial charge is 0.0345 e. The molecule has 0 heterocycles. The van der Waals surface area contributed by atoms with Gasteiger partial charge < -0.3 is 5.32 Å².